The van der Waals surface area contributed by atoms with Gasteiger partial charge in [-0.1, -0.05) is 53.8 Å². The Balaban J connectivity index is 0.982. The number of nitrogens with one attached hydrogen (secondary N) is 2. The Morgan fingerprint density at radius 3 is 2.44 bits per heavy atom. The van der Waals surface area contributed by atoms with E-state index in [2.05, 4.69) is 10.3 Å². The lowest BCUT2D eigenvalue weighted by atomic mass is 9.68. The van der Waals surface area contributed by atoms with Crippen molar-refractivity contribution < 1.29 is 33.4 Å². The number of hydrogen-bond donors (Lipinski definition) is 2. The Morgan fingerprint density at radius 1 is 0.907 bits per heavy atom. The molecule has 2 aliphatic heterocycles. The van der Waals surface area contributed by atoms with Gasteiger partial charge in [-0.3, -0.25) is 24.1 Å². The van der Waals surface area contributed by atoms with E-state index in [-0.39, 0.29) is 64.7 Å². The number of hydrogen-bond acceptors (Lipinski definition) is 10. The van der Waals surface area contributed by atoms with Gasteiger partial charge in [-0.05, 0) is 84.5 Å². The van der Waals surface area contributed by atoms with Crippen molar-refractivity contribution in [3.8, 4) is 11.5 Å². The van der Waals surface area contributed by atoms with Gasteiger partial charge in [0.2, 0.25) is 11.8 Å². The zero-order valence-corrected chi connectivity index (χ0v) is 30.9. The maximum Gasteiger partial charge on any atom is 0.338 e. The third kappa shape index (κ3) is 5.51. The molecule has 0 radical (unpaired) electrons. The Labute approximate surface area is 318 Å². The zero-order chi connectivity index (χ0) is 37.2. The highest BCUT2D eigenvalue weighted by atomic mass is 32.2. The number of methoxy groups -OCH3 is 1. The number of ether oxygens (including phenoxy) is 3. The molecule has 3 heterocycles. The molecule has 2 N–H and O–H groups in total. The summed E-state index contributed by atoms with van der Waals surface area (Å²) >= 11 is 2.79. The second-order valence-corrected chi connectivity index (χ2v) is 16.2. The van der Waals surface area contributed by atoms with E-state index < -0.39 is 17.8 Å². The van der Waals surface area contributed by atoms with Crippen molar-refractivity contribution in [2.45, 2.75) is 29.5 Å². The zero-order valence-electron chi connectivity index (χ0n) is 29.3. The molecule has 2 aliphatic carbocycles. The molecule has 11 nitrogen and oxygen atoms in total. The summed E-state index contributed by atoms with van der Waals surface area (Å²) in [5, 5.41) is 5.69. The van der Waals surface area contributed by atoms with E-state index in [0.29, 0.717) is 28.4 Å². The topological polar surface area (TPSA) is 144 Å². The Hall–Kier alpha value is -5.40. The van der Waals surface area contributed by atoms with Gasteiger partial charge < -0.3 is 24.5 Å². The van der Waals surface area contributed by atoms with Crippen molar-refractivity contribution in [2.75, 3.05) is 30.5 Å². The lowest BCUT2D eigenvalue weighted by Gasteiger charge is -2.43. The number of rotatable bonds is 9. The number of aromatic nitrogens is 1. The maximum absolute atomic E-state index is 14.2. The molecule has 274 valence electrons. The number of carbonyl (C=O) groups excluding carboxylic acids is 4. The normalized spacial score (nSPS) is 24.9. The first-order valence-electron chi connectivity index (χ1n) is 17.9. The molecule has 2 bridgehead atoms. The number of thioether (sulfide) groups is 1. The quantitative estimate of drug-likeness (QED) is 0.128. The number of thiazole rings is 1. The number of esters is 1. The van der Waals surface area contributed by atoms with Crippen LogP contribution in [0.3, 0.4) is 0 Å². The fraction of sp³-hybridized carbons (Fsp3) is 0.293. The maximum atomic E-state index is 14.2. The molecule has 6 unspecified atom stereocenters. The van der Waals surface area contributed by atoms with Crippen molar-refractivity contribution >= 4 is 68.9 Å². The second-order valence-electron chi connectivity index (χ2n) is 14.0. The van der Waals surface area contributed by atoms with E-state index in [0.717, 1.165) is 32.7 Å². The van der Waals surface area contributed by atoms with Gasteiger partial charge in [-0.15, -0.1) is 11.8 Å². The van der Waals surface area contributed by atoms with Gasteiger partial charge in [-0.25, -0.2) is 4.79 Å². The van der Waals surface area contributed by atoms with Crippen molar-refractivity contribution in [2.24, 2.45) is 29.6 Å². The Morgan fingerprint density at radius 2 is 1.67 bits per heavy atom. The van der Waals surface area contributed by atoms with Crippen LogP contribution in [0.25, 0.3) is 10.8 Å². The fourth-order valence-corrected chi connectivity index (χ4v) is 12.2. The van der Waals surface area contributed by atoms with E-state index >= 15 is 0 Å². The van der Waals surface area contributed by atoms with Gasteiger partial charge >= 0.3 is 10.8 Å². The van der Waals surface area contributed by atoms with Gasteiger partial charge in [0.05, 0.1) is 41.8 Å². The van der Waals surface area contributed by atoms with E-state index in [1.807, 2.05) is 54.6 Å². The number of aromatic amines is 1. The number of amides is 3. The van der Waals surface area contributed by atoms with E-state index in [1.54, 1.807) is 56.1 Å². The van der Waals surface area contributed by atoms with Crippen LogP contribution in [-0.2, 0) is 19.1 Å². The van der Waals surface area contributed by atoms with Crippen LogP contribution in [0.5, 0.6) is 11.5 Å². The van der Waals surface area contributed by atoms with Crippen LogP contribution in [0, 0.1) is 29.6 Å². The van der Waals surface area contributed by atoms with Gasteiger partial charge in [0.1, 0.15) is 0 Å². The van der Waals surface area contributed by atoms with Crippen LogP contribution in [0.1, 0.15) is 40.1 Å². The molecule has 1 saturated heterocycles. The number of H-pyrrole nitrogens is 1. The molecule has 2 saturated carbocycles. The molecule has 0 spiro atoms. The van der Waals surface area contributed by atoms with Crippen molar-refractivity contribution in [3.05, 3.63) is 111 Å². The molecular weight excluding hydrogens is 727 g/mol. The molecule has 5 aromatic rings. The SMILES string of the molecule is CCOC(=O)c1ccc(N2C(=O)C3C4CC(C3C2=O)C2C4Sc3[nH]c(=O)sc3[C@@H]2c2ccc(OCC(=O)Nc3cccc4ccccc34)c(OC)c2)cc1. The van der Waals surface area contributed by atoms with Gasteiger partial charge in [0.25, 0.3) is 5.91 Å². The largest absolute Gasteiger partial charge is 0.493 e. The number of nitrogens with zero attached hydrogens (tertiary/aromatic N) is 1. The summed E-state index contributed by atoms with van der Waals surface area (Å²) in [7, 11) is 1.54. The minimum Gasteiger partial charge on any atom is -0.493 e. The van der Waals surface area contributed by atoms with Crippen molar-refractivity contribution in [1.82, 2.24) is 4.98 Å². The van der Waals surface area contributed by atoms with E-state index in [9.17, 15) is 24.0 Å². The smallest absolute Gasteiger partial charge is 0.338 e. The van der Waals surface area contributed by atoms with Crippen LogP contribution in [0.15, 0.2) is 94.7 Å². The average Bonchev–Trinajstić information content (AvgIpc) is 3.93. The second kappa shape index (κ2) is 13.5. The highest BCUT2D eigenvalue weighted by Crippen LogP contribution is 2.68. The number of benzene rings is 4. The summed E-state index contributed by atoms with van der Waals surface area (Å²) in [4.78, 5) is 71.4. The lowest BCUT2D eigenvalue weighted by Crippen LogP contribution is -2.42. The molecule has 3 amide bonds. The van der Waals surface area contributed by atoms with Gasteiger partial charge in [0.15, 0.2) is 18.1 Å². The summed E-state index contributed by atoms with van der Waals surface area (Å²) in [6.45, 7) is 1.74. The van der Waals surface area contributed by atoms with Crippen LogP contribution in [-0.4, -0.2) is 54.2 Å². The predicted octanol–water partition coefficient (Wildman–Crippen LogP) is 6.47. The van der Waals surface area contributed by atoms with Crippen LogP contribution in [0.4, 0.5) is 11.4 Å². The highest BCUT2D eigenvalue weighted by Gasteiger charge is 2.69. The third-order valence-electron chi connectivity index (χ3n) is 11.3. The summed E-state index contributed by atoms with van der Waals surface area (Å²) in [5.41, 5.74) is 2.38. The lowest BCUT2D eigenvalue weighted by molar-refractivity contribution is -0.123. The molecule has 9 rings (SSSR count). The fourth-order valence-electron chi connectivity index (χ4n) is 9.27. The third-order valence-corrected chi connectivity index (χ3v) is 13.9. The average molecular weight is 762 g/mol. The molecule has 4 aliphatic rings. The molecule has 1 aromatic heterocycles. The Kier molecular flexibility index (Phi) is 8.57. The molecule has 4 aromatic carbocycles. The monoisotopic (exact) mass is 761 g/mol. The van der Waals surface area contributed by atoms with Gasteiger partial charge in [0, 0.05) is 27.1 Å². The minimum absolute atomic E-state index is 0.00146. The van der Waals surface area contributed by atoms with Crippen LogP contribution in [0.2, 0.25) is 0 Å². The van der Waals surface area contributed by atoms with Crippen LogP contribution >= 0.6 is 23.1 Å². The summed E-state index contributed by atoms with van der Waals surface area (Å²) in [6.07, 6.45) is 0.741. The van der Waals surface area contributed by atoms with Gasteiger partial charge in [-0.2, -0.15) is 0 Å². The number of carbonyl (C=O) groups is 4. The predicted molar refractivity (Wildman–Crippen MR) is 204 cm³/mol. The van der Waals surface area contributed by atoms with E-state index in [1.165, 1.54) is 16.2 Å². The molecule has 54 heavy (non-hydrogen) atoms. The number of imide groups is 1. The standard InChI is InChI=1S/C41H35N3O8S2/c1-3-51-40(48)21-11-14-23(15-12-21)44-38(46)33-25-18-26(34(33)39(44)47)35-32(25)31(36-37(53-35)43-41(49)54-36)22-13-16-28(29(17-22)50-2)52-19-30(45)42-27-10-6-8-20-7-4-5-9-24(20)27/h4-17,25-26,31-35H,3,18-19H2,1-2H3,(H,42,45)(H,43,49)/t25?,26?,31-,32?,33?,34?,35?/m1/s1. The first kappa shape index (κ1) is 34.4. The molecule has 7 atom stereocenters. The Bertz CT molecular complexity index is 2400. The summed E-state index contributed by atoms with van der Waals surface area (Å²) in [5.74, 6) is -1.73. The van der Waals surface area contributed by atoms with Crippen molar-refractivity contribution in [1.29, 1.82) is 0 Å². The highest BCUT2D eigenvalue weighted by molar-refractivity contribution is 8.00. The first-order chi connectivity index (χ1) is 26.2. The first-order valence-corrected chi connectivity index (χ1v) is 19.6. The molecule has 13 heteroatoms. The summed E-state index contributed by atoms with van der Waals surface area (Å²) < 4.78 is 16.9. The number of fused-ring (bicyclic) bond motifs is 10. The summed E-state index contributed by atoms with van der Waals surface area (Å²) in [6, 6.07) is 25.6. The number of anilines is 2. The van der Waals surface area contributed by atoms with E-state index in [4.69, 9.17) is 14.2 Å². The minimum atomic E-state index is -0.487. The molecular formula is C41H35N3O8S2. The molecule has 3 fully saturated rings. The van der Waals surface area contributed by atoms with Crippen molar-refractivity contribution in [3.63, 3.8) is 0 Å². The van der Waals surface area contributed by atoms with Crippen LogP contribution < -0.4 is 24.6 Å².